The molecule has 0 radical (unpaired) electrons. The van der Waals surface area contributed by atoms with Crippen molar-refractivity contribution in [2.24, 2.45) is 11.8 Å². The summed E-state index contributed by atoms with van der Waals surface area (Å²) in [6, 6.07) is 20.4. The minimum atomic E-state index is -0.529. The second-order valence-electron chi connectivity index (χ2n) is 12.8. The molecule has 7 nitrogen and oxygen atoms in total. The van der Waals surface area contributed by atoms with E-state index in [2.05, 4.69) is 10.6 Å². The third-order valence-electron chi connectivity index (χ3n) is 9.72. The Labute approximate surface area is 259 Å². The maximum absolute atomic E-state index is 15.3. The molecule has 2 amide bonds. The highest BCUT2D eigenvalue weighted by Crippen LogP contribution is 2.49. The lowest BCUT2D eigenvalue weighted by molar-refractivity contribution is -0.125. The van der Waals surface area contributed by atoms with Crippen LogP contribution in [0.1, 0.15) is 66.1 Å². The van der Waals surface area contributed by atoms with Crippen LogP contribution in [-0.4, -0.2) is 56.1 Å². The smallest absolute Gasteiger partial charge is 0.257 e. The number of piperidine rings is 1. The van der Waals surface area contributed by atoms with Crippen LogP contribution >= 0.6 is 0 Å². The molecule has 0 bridgehead atoms. The van der Waals surface area contributed by atoms with Crippen molar-refractivity contribution in [1.29, 1.82) is 0 Å². The zero-order valence-corrected chi connectivity index (χ0v) is 25.9. The maximum atomic E-state index is 15.3. The normalized spacial score (nSPS) is 23.6. The molecule has 1 aliphatic carbocycles. The summed E-state index contributed by atoms with van der Waals surface area (Å²) in [5.41, 5.74) is 4.34. The molecule has 232 valence electrons. The molecule has 44 heavy (non-hydrogen) atoms. The number of hydrogen-bond acceptors (Lipinski definition) is 5. The van der Waals surface area contributed by atoms with Crippen LogP contribution in [0.2, 0.25) is 0 Å². The van der Waals surface area contributed by atoms with E-state index in [4.69, 9.17) is 4.74 Å². The van der Waals surface area contributed by atoms with Gasteiger partial charge in [-0.3, -0.25) is 9.59 Å². The summed E-state index contributed by atoms with van der Waals surface area (Å²) >= 11 is 0. The highest BCUT2D eigenvalue weighted by atomic mass is 19.1. The van der Waals surface area contributed by atoms with Crippen molar-refractivity contribution in [1.82, 2.24) is 4.90 Å². The number of amides is 2. The number of carbonyl (C=O) groups excluding carboxylic acids is 2. The average molecular weight is 599 g/mol. The van der Waals surface area contributed by atoms with Gasteiger partial charge in [-0.1, -0.05) is 30.7 Å². The predicted octanol–water partition coefficient (Wildman–Crippen LogP) is 6.80. The molecule has 3 aliphatic rings. The van der Waals surface area contributed by atoms with Crippen molar-refractivity contribution in [3.8, 4) is 0 Å². The number of aryl methyl sites for hydroxylation is 1. The molecule has 2 aliphatic heterocycles. The number of carbonyl (C=O) groups is 2. The largest absolute Gasteiger partial charge is 0.382 e. The van der Waals surface area contributed by atoms with Gasteiger partial charge in [-0.05, 0) is 98.5 Å². The lowest BCUT2D eigenvalue weighted by Gasteiger charge is -2.48. The van der Waals surface area contributed by atoms with Crippen LogP contribution in [0.15, 0.2) is 66.7 Å². The minimum Gasteiger partial charge on any atom is -0.382 e. The molecule has 8 heteroatoms. The van der Waals surface area contributed by atoms with Gasteiger partial charge in [-0.2, -0.15) is 0 Å². The van der Waals surface area contributed by atoms with Gasteiger partial charge in [-0.25, -0.2) is 4.39 Å². The minimum absolute atomic E-state index is 0.0463. The molecule has 3 aromatic rings. The Morgan fingerprint density at radius 1 is 0.909 bits per heavy atom. The summed E-state index contributed by atoms with van der Waals surface area (Å²) < 4.78 is 20.8. The van der Waals surface area contributed by atoms with Crippen molar-refractivity contribution in [2.45, 2.75) is 63.6 Å². The number of nitrogens with one attached hydrogen (secondary N) is 2. The number of hydrogen-bond donors (Lipinski definition) is 2. The number of rotatable bonds is 7. The molecule has 3 fully saturated rings. The lowest BCUT2D eigenvalue weighted by atomic mass is 9.76. The number of likely N-dealkylation sites (tertiary alicyclic amines) is 1. The second kappa shape index (κ2) is 13.0. The Balaban J connectivity index is 1.36. The first-order chi connectivity index (χ1) is 21.3. The van der Waals surface area contributed by atoms with Crippen molar-refractivity contribution in [3.05, 3.63) is 89.2 Å². The summed E-state index contributed by atoms with van der Waals surface area (Å²) in [5, 5.41) is 6.76. The van der Waals surface area contributed by atoms with Crippen LogP contribution in [0.5, 0.6) is 0 Å². The van der Waals surface area contributed by atoms with Gasteiger partial charge in [0.05, 0.1) is 17.5 Å². The van der Waals surface area contributed by atoms with Gasteiger partial charge in [-0.15, -0.1) is 0 Å². The Morgan fingerprint density at radius 2 is 1.61 bits per heavy atom. The first-order valence-corrected chi connectivity index (χ1v) is 15.9. The van der Waals surface area contributed by atoms with Crippen LogP contribution in [-0.2, 0) is 9.53 Å². The molecule has 2 N–H and O–H groups in total. The predicted molar refractivity (Wildman–Crippen MR) is 173 cm³/mol. The van der Waals surface area contributed by atoms with Gasteiger partial charge in [0.15, 0.2) is 0 Å². The third kappa shape index (κ3) is 6.18. The summed E-state index contributed by atoms with van der Waals surface area (Å²) in [6.45, 7) is 3.28. The number of halogens is 1. The topological polar surface area (TPSA) is 73.9 Å². The Morgan fingerprint density at radius 3 is 2.30 bits per heavy atom. The van der Waals surface area contributed by atoms with Crippen molar-refractivity contribution >= 4 is 28.9 Å². The van der Waals surface area contributed by atoms with Gasteiger partial charge in [0.1, 0.15) is 5.82 Å². The third-order valence-corrected chi connectivity index (χ3v) is 9.72. The molecule has 1 saturated carbocycles. The molecule has 0 spiro atoms. The zero-order chi connectivity index (χ0) is 30.8. The summed E-state index contributed by atoms with van der Waals surface area (Å²) in [5.74, 6) is -1.28. The quantitative estimate of drug-likeness (QED) is 0.313. The van der Waals surface area contributed by atoms with Crippen molar-refractivity contribution in [3.63, 3.8) is 0 Å². The summed E-state index contributed by atoms with van der Waals surface area (Å²) in [7, 11) is 3.96. The standard InChI is InChI=1S/C36H43FN4O3/c1-23-6-4-8-31(37)33(23)36(43)41-32-9-5-7-25(32)22-30(35(42)39-27-14-16-29(17-15-27)40(2)3)34(41)24-10-12-26(13-11-24)38-28-18-20-44-21-19-28/h4,6,8,10-17,25,28,30,32,34,38H,5,7,9,18-22H2,1-3H3,(H,39,42). The molecule has 0 aromatic heterocycles. The second-order valence-corrected chi connectivity index (χ2v) is 12.8. The van der Waals surface area contributed by atoms with E-state index in [0.29, 0.717) is 23.7 Å². The van der Waals surface area contributed by atoms with E-state index in [1.807, 2.05) is 72.4 Å². The summed E-state index contributed by atoms with van der Waals surface area (Å²) in [4.78, 5) is 32.5. The Bertz CT molecular complexity index is 1450. The number of ether oxygens (including phenoxy) is 1. The van der Waals surface area contributed by atoms with Crippen molar-refractivity contribution < 1.29 is 18.7 Å². The van der Waals surface area contributed by atoms with E-state index in [1.165, 1.54) is 6.07 Å². The Kier molecular flexibility index (Phi) is 8.89. The van der Waals surface area contributed by atoms with Gasteiger partial charge in [0.2, 0.25) is 5.91 Å². The highest BCUT2D eigenvalue weighted by molar-refractivity contribution is 5.98. The molecular weight excluding hydrogens is 555 g/mol. The van der Waals surface area contributed by atoms with Crippen LogP contribution in [0.25, 0.3) is 0 Å². The molecule has 3 aromatic carbocycles. The van der Waals surface area contributed by atoms with E-state index >= 15 is 4.39 Å². The maximum Gasteiger partial charge on any atom is 0.257 e. The highest BCUT2D eigenvalue weighted by Gasteiger charge is 2.50. The van der Waals surface area contributed by atoms with Crippen LogP contribution in [0.4, 0.5) is 21.5 Å². The van der Waals surface area contributed by atoms with Gasteiger partial charge in [0, 0.05) is 56.5 Å². The monoisotopic (exact) mass is 598 g/mol. The lowest BCUT2D eigenvalue weighted by Crippen LogP contribution is -2.54. The molecule has 2 saturated heterocycles. The fourth-order valence-electron chi connectivity index (χ4n) is 7.40. The zero-order valence-electron chi connectivity index (χ0n) is 25.9. The molecule has 2 heterocycles. The fourth-order valence-corrected chi connectivity index (χ4v) is 7.40. The number of nitrogens with zero attached hydrogens (tertiary/aromatic N) is 2. The number of anilines is 3. The number of benzene rings is 3. The van der Waals surface area contributed by atoms with E-state index in [1.54, 1.807) is 19.1 Å². The molecule has 6 rings (SSSR count). The first-order valence-electron chi connectivity index (χ1n) is 15.9. The summed E-state index contributed by atoms with van der Waals surface area (Å²) in [6.07, 6.45) is 5.37. The van der Waals surface area contributed by atoms with E-state index in [-0.39, 0.29) is 29.3 Å². The fraction of sp³-hybridized carbons (Fsp3) is 0.444. The Hall–Kier alpha value is -3.91. The SMILES string of the molecule is Cc1cccc(F)c1C(=O)N1C2CCCC2CC(C(=O)Nc2ccc(N(C)C)cc2)C1c1ccc(NC2CCOCC2)cc1. The van der Waals surface area contributed by atoms with E-state index < -0.39 is 17.8 Å². The van der Waals surface area contributed by atoms with E-state index in [0.717, 1.165) is 62.3 Å². The van der Waals surface area contributed by atoms with E-state index in [9.17, 15) is 9.59 Å². The van der Waals surface area contributed by atoms with Crippen LogP contribution < -0.4 is 15.5 Å². The van der Waals surface area contributed by atoms with Crippen molar-refractivity contribution in [2.75, 3.05) is 42.8 Å². The molecule has 4 unspecified atom stereocenters. The van der Waals surface area contributed by atoms with Crippen LogP contribution in [0.3, 0.4) is 0 Å². The van der Waals surface area contributed by atoms with Crippen LogP contribution in [0, 0.1) is 24.6 Å². The first kappa shape index (κ1) is 30.1. The van der Waals surface area contributed by atoms with Gasteiger partial charge >= 0.3 is 0 Å². The van der Waals surface area contributed by atoms with Gasteiger partial charge in [0.25, 0.3) is 5.91 Å². The molecule has 4 atom stereocenters. The van der Waals surface area contributed by atoms with Gasteiger partial charge < -0.3 is 25.2 Å². The average Bonchev–Trinajstić information content (AvgIpc) is 3.50. The number of fused-ring (bicyclic) bond motifs is 1. The molecular formula is C36H43FN4O3.